The molecule has 0 radical (unpaired) electrons. The number of hydrogen-bond acceptors (Lipinski definition) is 1. The van der Waals surface area contributed by atoms with E-state index in [0.717, 1.165) is 24.2 Å². The molecule has 0 saturated heterocycles. The first-order valence-electron chi connectivity index (χ1n) is 6.47. The number of aryl methyl sites for hydroxylation is 1. The van der Waals surface area contributed by atoms with Crippen molar-refractivity contribution in [1.29, 1.82) is 0 Å². The number of benzene rings is 2. The fraction of sp³-hybridized carbons (Fsp3) is 0.167. The van der Waals surface area contributed by atoms with Crippen LogP contribution in [0.3, 0.4) is 0 Å². The van der Waals surface area contributed by atoms with Gasteiger partial charge in [-0.25, -0.2) is 0 Å². The molecule has 1 heteroatoms. The van der Waals surface area contributed by atoms with E-state index in [4.69, 9.17) is 4.74 Å². The minimum atomic E-state index is 0.880. The Morgan fingerprint density at radius 3 is 2.42 bits per heavy atom. The molecule has 0 heterocycles. The molecule has 2 aromatic carbocycles. The maximum Gasteiger partial charge on any atom is 0.118 e. The Bertz CT molecular complexity index is 546. The molecule has 0 aliphatic carbocycles. The molecule has 0 aliphatic rings. The van der Waals surface area contributed by atoms with Gasteiger partial charge in [0.1, 0.15) is 5.75 Å². The third kappa shape index (κ3) is 4.50. The van der Waals surface area contributed by atoms with Crippen molar-refractivity contribution in [2.75, 3.05) is 7.11 Å². The van der Waals surface area contributed by atoms with E-state index in [9.17, 15) is 0 Å². The molecule has 0 saturated carbocycles. The first-order chi connectivity index (χ1) is 9.38. The lowest BCUT2D eigenvalue weighted by atomic mass is 10.1. The Labute approximate surface area is 114 Å². The molecule has 96 valence electrons. The minimum absolute atomic E-state index is 0.880. The second-order valence-electron chi connectivity index (χ2n) is 4.31. The van der Waals surface area contributed by atoms with Crippen LogP contribution in [0.5, 0.6) is 5.75 Å². The van der Waals surface area contributed by atoms with E-state index in [2.05, 4.69) is 36.1 Å². The minimum Gasteiger partial charge on any atom is -0.497 e. The van der Waals surface area contributed by atoms with Gasteiger partial charge in [-0.2, -0.15) is 0 Å². The molecule has 0 aliphatic heterocycles. The average molecular weight is 250 g/mol. The van der Waals surface area contributed by atoms with Crippen LogP contribution >= 0.6 is 0 Å². The van der Waals surface area contributed by atoms with Crippen molar-refractivity contribution >= 4 is 6.08 Å². The van der Waals surface area contributed by atoms with E-state index in [0.29, 0.717) is 0 Å². The van der Waals surface area contributed by atoms with Crippen molar-refractivity contribution in [2.24, 2.45) is 0 Å². The lowest BCUT2D eigenvalue weighted by Gasteiger charge is -1.98. The van der Waals surface area contributed by atoms with E-state index in [1.54, 1.807) is 7.11 Å². The maximum atomic E-state index is 5.12. The van der Waals surface area contributed by atoms with Crippen LogP contribution < -0.4 is 4.74 Å². The van der Waals surface area contributed by atoms with Crippen molar-refractivity contribution in [3.05, 3.63) is 77.5 Å². The highest BCUT2D eigenvalue weighted by Crippen LogP contribution is 2.11. The summed E-state index contributed by atoms with van der Waals surface area (Å²) in [6.45, 7) is 0. The SMILES string of the molecule is COc1ccc(C=C=CCCc2ccccc2)cc1. The predicted molar refractivity (Wildman–Crippen MR) is 80.3 cm³/mol. The van der Waals surface area contributed by atoms with Crippen LogP contribution in [0, 0.1) is 0 Å². The first-order valence-corrected chi connectivity index (χ1v) is 6.47. The van der Waals surface area contributed by atoms with Gasteiger partial charge in [0, 0.05) is 0 Å². The van der Waals surface area contributed by atoms with Crippen molar-refractivity contribution in [3.8, 4) is 5.75 Å². The van der Waals surface area contributed by atoms with Crippen LogP contribution in [-0.2, 0) is 6.42 Å². The van der Waals surface area contributed by atoms with Gasteiger partial charge in [0.25, 0.3) is 0 Å². The second kappa shape index (κ2) is 7.25. The molecule has 1 nitrogen and oxygen atoms in total. The molecule has 0 bridgehead atoms. The summed E-state index contributed by atoms with van der Waals surface area (Å²) in [5.41, 5.74) is 5.72. The fourth-order valence-corrected chi connectivity index (χ4v) is 1.82. The van der Waals surface area contributed by atoms with Crippen molar-refractivity contribution in [1.82, 2.24) is 0 Å². The molecule has 0 atom stereocenters. The Hall–Kier alpha value is -2.24. The Morgan fingerprint density at radius 2 is 1.74 bits per heavy atom. The molecule has 0 amide bonds. The number of ether oxygens (including phenoxy) is 1. The summed E-state index contributed by atoms with van der Waals surface area (Å²) < 4.78 is 5.12. The molecule has 2 aromatic rings. The van der Waals surface area contributed by atoms with Gasteiger partial charge in [-0.15, -0.1) is 5.73 Å². The highest BCUT2D eigenvalue weighted by atomic mass is 16.5. The number of hydrogen-bond donors (Lipinski definition) is 0. The topological polar surface area (TPSA) is 9.23 Å². The monoisotopic (exact) mass is 250 g/mol. The summed E-state index contributed by atoms with van der Waals surface area (Å²) in [6.07, 6.45) is 6.14. The maximum absolute atomic E-state index is 5.12. The number of allylic oxidation sites excluding steroid dienone is 1. The summed E-state index contributed by atoms with van der Waals surface area (Å²) in [5.74, 6) is 0.880. The predicted octanol–water partition coefficient (Wildman–Crippen LogP) is 4.50. The summed E-state index contributed by atoms with van der Waals surface area (Å²) in [5, 5.41) is 0. The normalized spacial score (nSPS) is 9.53. The zero-order valence-electron chi connectivity index (χ0n) is 11.2. The lowest BCUT2D eigenvalue weighted by Crippen LogP contribution is -1.81. The summed E-state index contributed by atoms with van der Waals surface area (Å²) >= 11 is 0. The quantitative estimate of drug-likeness (QED) is 0.710. The highest BCUT2D eigenvalue weighted by molar-refractivity contribution is 5.49. The third-order valence-electron chi connectivity index (χ3n) is 2.90. The number of rotatable bonds is 5. The molecular weight excluding hydrogens is 232 g/mol. The highest BCUT2D eigenvalue weighted by Gasteiger charge is 1.89. The molecule has 0 N–H and O–H groups in total. The summed E-state index contributed by atoms with van der Waals surface area (Å²) in [7, 11) is 1.67. The first kappa shape index (κ1) is 13.2. The standard InChI is InChI=1S/C18H18O/c1-19-18-14-12-17(13-15-18)11-7-3-6-10-16-8-4-2-5-9-16/h2-5,8-9,11-15H,6,10H2,1H3. The van der Waals surface area contributed by atoms with Crippen LogP contribution in [-0.4, -0.2) is 7.11 Å². The van der Waals surface area contributed by atoms with Gasteiger partial charge in [0.2, 0.25) is 0 Å². The van der Waals surface area contributed by atoms with Crippen LogP contribution in [0.2, 0.25) is 0 Å². The van der Waals surface area contributed by atoms with Crippen LogP contribution in [0.15, 0.2) is 66.4 Å². The van der Waals surface area contributed by atoms with E-state index >= 15 is 0 Å². The van der Waals surface area contributed by atoms with Gasteiger partial charge in [-0.3, -0.25) is 0 Å². The van der Waals surface area contributed by atoms with Crippen molar-refractivity contribution in [3.63, 3.8) is 0 Å². The molecule has 0 unspecified atom stereocenters. The smallest absolute Gasteiger partial charge is 0.118 e. The zero-order chi connectivity index (χ0) is 13.3. The molecule has 0 fully saturated rings. The lowest BCUT2D eigenvalue weighted by molar-refractivity contribution is 0.415. The fourth-order valence-electron chi connectivity index (χ4n) is 1.82. The third-order valence-corrected chi connectivity index (χ3v) is 2.90. The average Bonchev–Trinajstić information content (AvgIpc) is 2.49. The molecule has 2 rings (SSSR count). The van der Waals surface area contributed by atoms with Gasteiger partial charge in [0.05, 0.1) is 7.11 Å². The number of methoxy groups -OCH3 is 1. The Balaban J connectivity index is 1.86. The van der Waals surface area contributed by atoms with E-state index in [1.165, 1.54) is 5.56 Å². The van der Waals surface area contributed by atoms with Crippen molar-refractivity contribution < 1.29 is 4.74 Å². The summed E-state index contributed by atoms with van der Waals surface area (Å²) in [6, 6.07) is 18.5. The molecule has 19 heavy (non-hydrogen) atoms. The van der Waals surface area contributed by atoms with Crippen molar-refractivity contribution in [2.45, 2.75) is 12.8 Å². The van der Waals surface area contributed by atoms with Gasteiger partial charge >= 0.3 is 0 Å². The van der Waals surface area contributed by atoms with E-state index in [1.807, 2.05) is 36.4 Å². The van der Waals surface area contributed by atoms with Crippen LogP contribution in [0.25, 0.3) is 6.08 Å². The molecular formula is C18H18O. The molecule has 0 spiro atoms. The Kier molecular flexibility index (Phi) is 5.04. The second-order valence-corrected chi connectivity index (χ2v) is 4.31. The van der Waals surface area contributed by atoms with Gasteiger partial charge in [0.15, 0.2) is 0 Å². The summed E-state index contributed by atoms with van der Waals surface area (Å²) in [4.78, 5) is 0. The zero-order valence-corrected chi connectivity index (χ0v) is 11.2. The van der Waals surface area contributed by atoms with E-state index in [-0.39, 0.29) is 0 Å². The Morgan fingerprint density at radius 1 is 1.00 bits per heavy atom. The van der Waals surface area contributed by atoms with Crippen LogP contribution in [0.4, 0.5) is 0 Å². The largest absolute Gasteiger partial charge is 0.497 e. The van der Waals surface area contributed by atoms with Gasteiger partial charge in [-0.1, -0.05) is 42.5 Å². The molecule has 0 aromatic heterocycles. The van der Waals surface area contributed by atoms with Crippen LogP contribution in [0.1, 0.15) is 17.5 Å². The van der Waals surface area contributed by atoms with E-state index < -0.39 is 0 Å². The van der Waals surface area contributed by atoms with Gasteiger partial charge in [-0.05, 0) is 48.3 Å². The van der Waals surface area contributed by atoms with Gasteiger partial charge < -0.3 is 4.74 Å².